The van der Waals surface area contributed by atoms with E-state index in [0.29, 0.717) is 11.9 Å². The minimum Gasteiger partial charge on any atom is -0.292 e. The normalized spacial score (nSPS) is 11.0. The molecule has 0 fully saturated rings. The Kier molecular flexibility index (Phi) is 3.75. The van der Waals surface area contributed by atoms with E-state index in [1.807, 2.05) is 61.5 Å². The third kappa shape index (κ3) is 2.65. The van der Waals surface area contributed by atoms with Gasteiger partial charge in [0.05, 0.1) is 11.9 Å². The summed E-state index contributed by atoms with van der Waals surface area (Å²) in [7, 11) is 0. The lowest BCUT2D eigenvalue weighted by molar-refractivity contribution is 0.714. The molecule has 0 unspecified atom stereocenters. The molecule has 0 aliphatic carbocycles. The quantitative estimate of drug-likeness (QED) is 0.554. The summed E-state index contributed by atoms with van der Waals surface area (Å²) < 4.78 is 1.75. The van der Waals surface area contributed by atoms with Crippen LogP contribution in [-0.4, -0.2) is 9.55 Å². The van der Waals surface area contributed by atoms with Gasteiger partial charge in [-0.05, 0) is 24.1 Å². The molecule has 24 heavy (non-hydrogen) atoms. The molecule has 0 aliphatic heterocycles. The van der Waals surface area contributed by atoms with Crippen molar-refractivity contribution in [2.45, 2.75) is 13.5 Å². The Balaban J connectivity index is 1.84. The molecule has 0 saturated carbocycles. The van der Waals surface area contributed by atoms with Gasteiger partial charge in [-0.2, -0.15) is 0 Å². The van der Waals surface area contributed by atoms with E-state index >= 15 is 0 Å². The molecule has 2 heterocycles. The van der Waals surface area contributed by atoms with E-state index in [4.69, 9.17) is 0 Å². The van der Waals surface area contributed by atoms with Gasteiger partial charge in [0, 0.05) is 4.88 Å². The number of aromatic nitrogens is 2. The molecule has 4 rings (SSSR count). The van der Waals surface area contributed by atoms with Gasteiger partial charge in [-0.25, -0.2) is 4.98 Å². The predicted molar refractivity (Wildman–Crippen MR) is 99.6 cm³/mol. The summed E-state index contributed by atoms with van der Waals surface area (Å²) in [4.78, 5) is 19.5. The number of hydrogen-bond donors (Lipinski definition) is 0. The van der Waals surface area contributed by atoms with Gasteiger partial charge in [0.25, 0.3) is 5.56 Å². The second-order valence-corrected chi connectivity index (χ2v) is 6.76. The van der Waals surface area contributed by atoms with E-state index in [1.54, 1.807) is 15.9 Å². The Labute approximate surface area is 143 Å². The number of thiophene rings is 1. The molecule has 4 aromatic rings. The lowest BCUT2D eigenvalue weighted by atomic mass is 10.2. The molecule has 0 spiro atoms. The first-order chi connectivity index (χ1) is 11.7. The molecule has 0 aliphatic rings. The fourth-order valence-electron chi connectivity index (χ4n) is 2.81. The van der Waals surface area contributed by atoms with E-state index < -0.39 is 0 Å². The van der Waals surface area contributed by atoms with Gasteiger partial charge >= 0.3 is 0 Å². The van der Waals surface area contributed by atoms with Gasteiger partial charge in [0.2, 0.25) is 0 Å². The summed E-state index contributed by atoms with van der Waals surface area (Å²) in [5, 5.41) is 0.695. The molecular formula is C20H16N2OS. The van der Waals surface area contributed by atoms with Crippen molar-refractivity contribution < 1.29 is 0 Å². The highest BCUT2D eigenvalue weighted by molar-refractivity contribution is 7.21. The summed E-state index contributed by atoms with van der Waals surface area (Å²) >= 11 is 1.57. The van der Waals surface area contributed by atoms with Crippen LogP contribution in [-0.2, 0) is 6.54 Å². The Bertz CT molecular complexity index is 1050. The summed E-state index contributed by atoms with van der Waals surface area (Å²) in [5.41, 5.74) is 2.24. The van der Waals surface area contributed by atoms with Crippen LogP contribution in [0.15, 0.2) is 71.5 Å². The zero-order chi connectivity index (χ0) is 16.5. The Morgan fingerprint density at radius 1 is 1.00 bits per heavy atom. The monoisotopic (exact) mass is 332 g/mol. The average molecular weight is 332 g/mol. The van der Waals surface area contributed by atoms with Gasteiger partial charge in [-0.1, -0.05) is 60.7 Å². The van der Waals surface area contributed by atoms with Crippen molar-refractivity contribution in [1.82, 2.24) is 9.55 Å². The molecule has 4 heteroatoms. The van der Waals surface area contributed by atoms with Crippen molar-refractivity contribution in [3.63, 3.8) is 0 Å². The number of fused-ring (bicyclic) bond motifs is 1. The van der Waals surface area contributed by atoms with Crippen molar-refractivity contribution in [3.8, 4) is 10.4 Å². The average Bonchev–Trinajstić information content (AvgIpc) is 3.04. The second-order valence-electron chi connectivity index (χ2n) is 5.73. The molecule has 0 amide bonds. The Morgan fingerprint density at radius 2 is 1.67 bits per heavy atom. The van der Waals surface area contributed by atoms with Crippen LogP contribution >= 0.6 is 11.3 Å². The van der Waals surface area contributed by atoms with Crippen LogP contribution in [0, 0.1) is 6.92 Å². The number of aryl methyl sites for hydroxylation is 1. The topological polar surface area (TPSA) is 34.9 Å². The van der Waals surface area contributed by atoms with Gasteiger partial charge in [0.1, 0.15) is 10.7 Å². The molecular weight excluding hydrogens is 316 g/mol. The first-order valence-corrected chi connectivity index (χ1v) is 8.64. The van der Waals surface area contributed by atoms with Crippen LogP contribution in [0.2, 0.25) is 0 Å². The summed E-state index contributed by atoms with van der Waals surface area (Å²) in [6.45, 7) is 2.44. The molecule has 0 N–H and O–H groups in total. The minimum atomic E-state index is 0.0276. The molecule has 0 bridgehead atoms. The van der Waals surface area contributed by atoms with Crippen LogP contribution < -0.4 is 5.56 Å². The molecule has 2 aromatic heterocycles. The fraction of sp³-hybridized carbons (Fsp3) is 0.100. The van der Waals surface area contributed by atoms with Crippen molar-refractivity contribution in [2.75, 3.05) is 0 Å². The maximum Gasteiger partial charge on any atom is 0.262 e. The van der Waals surface area contributed by atoms with E-state index in [9.17, 15) is 4.79 Å². The van der Waals surface area contributed by atoms with Gasteiger partial charge in [0.15, 0.2) is 0 Å². The van der Waals surface area contributed by atoms with E-state index in [2.05, 4.69) is 17.1 Å². The van der Waals surface area contributed by atoms with Gasteiger partial charge in [-0.3, -0.25) is 9.36 Å². The summed E-state index contributed by atoms with van der Waals surface area (Å²) in [6, 6.07) is 22.1. The Hall–Kier alpha value is -2.72. The third-order valence-corrected chi connectivity index (χ3v) is 5.16. The second kappa shape index (κ2) is 6.06. The van der Waals surface area contributed by atoms with E-state index in [-0.39, 0.29) is 5.56 Å². The van der Waals surface area contributed by atoms with Crippen molar-refractivity contribution in [3.05, 3.63) is 88.5 Å². The van der Waals surface area contributed by atoms with Gasteiger partial charge in [-0.15, -0.1) is 11.3 Å². The van der Waals surface area contributed by atoms with Crippen molar-refractivity contribution >= 4 is 21.6 Å². The number of hydrogen-bond acceptors (Lipinski definition) is 3. The highest BCUT2D eigenvalue weighted by atomic mass is 32.1. The Morgan fingerprint density at radius 3 is 2.38 bits per heavy atom. The van der Waals surface area contributed by atoms with Crippen LogP contribution in [0.4, 0.5) is 0 Å². The number of benzene rings is 2. The zero-order valence-corrected chi connectivity index (χ0v) is 14.1. The van der Waals surface area contributed by atoms with Crippen LogP contribution in [0.1, 0.15) is 11.4 Å². The van der Waals surface area contributed by atoms with Crippen LogP contribution in [0.3, 0.4) is 0 Å². The molecule has 3 nitrogen and oxygen atoms in total. The van der Waals surface area contributed by atoms with E-state index in [1.165, 1.54) is 0 Å². The maximum absolute atomic E-state index is 12.9. The summed E-state index contributed by atoms with van der Waals surface area (Å²) in [5.74, 6) is 0.748. The molecule has 2 aromatic carbocycles. The zero-order valence-electron chi connectivity index (χ0n) is 13.3. The third-order valence-electron chi connectivity index (χ3n) is 4.08. The minimum absolute atomic E-state index is 0.0276. The standard InChI is InChI=1S/C20H16N2OS/c1-14-21-19-17(12-18(24-19)16-10-6-3-7-11-16)20(23)22(14)13-15-8-4-2-5-9-15/h2-12H,13H2,1H3. The smallest absolute Gasteiger partial charge is 0.262 e. The fourth-order valence-corrected chi connectivity index (χ4v) is 3.89. The number of rotatable bonds is 3. The highest BCUT2D eigenvalue weighted by Gasteiger charge is 2.13. The lowest BCUT2D eigenvalue weighted by Gasteiger charge is -2.09. The predicted octanol–water partition coefficient (Wildman–Crippen LogP) is 4.48. The highest BCUT2D eigenvalue weighted by Crippen LogP contribution is 2.30. The first kappa shape index (κ1) is 14.8. The van der Waals surface area contributed by atoms with Gasteiger partial charge < -0.3 is 0 Å². The maximum atomic E-state index is 12.9. The first-order valence-electron chi connectivity index (χ1n) is 7.83. The van der Waals surface area contributed by atoms with Crippen LogP contribution in [0.5, 0.6) is 0 Å². The SMILES string of the molecule is Cc1nc2sc(-c3ccccc3)cc2c(=O)n1Cc1ccccc1. The van der Waals surface area contributed by atoms with Crippen molar-refractivity contribution in [1.29, 1.82) is 0 Å². The van der Waals surface area contributed by atoms with E-state index in [0.717, 1.165) is 26.7 Å². The molecule has 118 valence electrons. The number of nitrogens with zero attached hydrogens (tertiary/aromatic N) is 2. The summed E-state index contributed by atoms with van der Waals surface area (Å²) in [6.07, 6.45) is 0. The molecule has 0 saturated heterocycles. The lowest BCUT2D eigenvalue weighted by Crippen LogP contribution is -2.23. The van der Waals surface area contributed by atoms with Crippen LogP contribution in [0.25, 0.3) is 20.7 Å². The largest absolute Gasteiger partial charge is 0.292 e. The molecule has 0 atom stereocenters. The van der Waals surface area contributed by atoms with Crippen molar-refractivity contribution in [2.24, 2.45) is 0 Å². The molecule has 0 radical (unpaired) electrons.